The van der Waals surface area contributed by atoms with Crippen LogP contribution in [0.4, 0.5) is 0 Å². The van der Waals surface area contributed by atoms with Gasteiger partial charge in [0.1, 0.15) is 4.90 Å². The summed E-state index contributed by atoms with van der Waals surface area (Å²) in [7, 11) is 0.538. The maximum atomic E-state index is 12.5. The third-order valence-electron chi connectivity index (χ3n) is 4.27. The van der Waals surface area contributed by atoms with Crippen LogP contribution in [0, 0.1) is 6.92 Å². The van der Waals surface area contributed by atoms with Crippen molar-refractivity contribution >= 4 is 21.4 Å². The van der Waals surface area contributed by atoms with Crippen LogP contribution in [0.15, 0.2) is 10.3 Å². The summed E-state index contributed by atoms with van der Waals surface area (Å²) in [4.78, 5) is 3.23. The zero-order valence-electron chi connectivity index (χ0n) is 12.3. The lowest BCUT2D eigenvalue weighted by Crippen LogP contribution is -2.57. The second kappa shape index (κ2) is 5.73. The first-order valence-electron chi connectivity index (χ1n) is 6.76. The van der Waals surface area contributed by atoms with E-state index in [1.165, 1.54) is 11.3 Å². The first-order valence-corrected chi connectivity index (χ1v) is 9.13. The molecule has 7 heteroatoms. The Morgan fingerprint density at radius 1 is 1.45 bits per heavy atom. The number of nitrogens with zero attached hydrogens (tertiary/aromatic N) is 1. The minimum absolute atomic E-state index is 0.0279. The highest BCUT2D eigenvalue weighted by Crippen LogP contribution is 2.36. The number of nitrogens with one attached hydrogen (secondary N) is 1. The van der Waals surface area contributed by atoms with Gasteiger partial charge in [-0.15, -0.1) is 11.3 Å². The van der Waals surface area contributed by atoms with Gasteiger partial charge >= 0.3 is 0 Å². The predicted octanol–water partition coefficient (Wildman–Crippen LogP) is 1.28. The van der Waals surface area contributed by atoms with Crippen molar-refractivity contribution in [3.63, 3.8) is 0 Å². The van der Waals surface area contributed by atoms with Gasteiger partial charge in [0.15, 0.2) is 0 Å². The van der Waals surface area contributed by atoms with Gasteiger partial charge in [0.2, 0.25) is 10.0 Å². The SMILES string of the molecule is Cc1csc(CN)c1S(=O)(=O)NCC1(N(C)C)CCC1. The van der Waals surface area contributed by atoms with Gasteiger partial charge in [-0.1, -0.05) is 0 Å². The van der Waals surface area contributed by atoms with E-state index in [1.54, 1.807) is 0 Å². The molecule has 3 N–H and O–H groups in total. The molecule has 1 aliphatic rings. The molecule has 1 fully saturated rings. The van der Waals surface area contributed by atoms with E-state index < -0.39 is 10.0 Å². The number of likely N-dealkylation sites (N-methyl/N-ethyl adjacent to an activating group) is 1. The van der Waals surface area contributed by atoms with Crippen molar-refractivity contribution in [3.8, 4) is 0 Å². The van der Waals surface area contributed by atoms with Crippen LogP contribution in [-0.4, -0.2) is 39.5 Å². The fourth-order valence-corrected chi connectivity index (χ4v) is 5.48. The van der Waals surface area contributed by atoms with Crippen molar-refractivity contribution < 1.29 is 8.42 Å². The molecule has 0 bridgehead atoms. The van der Waals surface area contributed by atoms with Crippen LogP contribution in [0.3, 0.4) is 0 Å². The third-order valence-corrected chi connectivity index (χ3v) is 7.15. The Morgan fingerprint density at radius 2 is 2.10 bits per heavy atom. The molecular formula is C13H23N3O2S2. The molecular weight excluding hydrogens is 294 g/mol. The molecule has 2 rings (SSSR count). The average Bonchev–Trinajstić information content (AvgIpc) is 2.69. The normalized spacial score (nSPS) is 18.2. The Hall–Kier alpha value is -0.470. The minimum atomic E-state index is -3.48. The largest absolute Gasteiger partial charge is 0.326 e. The minimum Gasteiger partial charge on any atom is -0.326 e. The van der Waals surface area contributed by atoms with E-state index in [9.17, 15) is 8.42 Å². The van der Waals surface area contributed by atoms with Crippen molar-refractivity contribution in [3.05, 3.63) is 15.8 Å². The van der Waals surface area contributed by atoms with Crippen LogP contribution >= 0.6 is 11.3 Å². The molecule has 0 amide bonds. The van der Waals surface area contributed by atoms with E-state index in [-0.39, 0.29) is 12.1 Å². The molecule has 0 spiro atoms. The summed E-state index contributed by atoms with van der Waals surface area (Å²) in [6.45, 7) is 2.53. The van der Waals surface area contributed by atoms with E-state index in [4.69, 9.17) is 5.73 Å². The summed E-state index contributed by atoms with van der Waals surface area (Å²) < 4.78 is 27.8. The molecule has 1 aromatic heterocycles. The Labute approximate surface area is 125 Å². The lowest BCUT2D eigenvalue weighted by molar-refractivity contribution is 0.0656. The van der Waals surface area contributed by atoms with Crippen molar-refractivity contribution in [2.45, 2.75) is 43.2 Å². The standard InChI is InChI=1S/C13H23N3O2S2/c1-10-8-19-11(7-14)12(10)20(17,18)15-9-13(16(2)3)5-4-6-13/h8,15H,4-7,9,14H2,1-3H3. The molecule has 1 saturated carbocycles. The van der Waals surface area contributed by atoms with Crippen molar-refractivity contribution in [1.29, 1.82) is 0 Å². The molecule has 0 atom stereocenters. The molecule has 5 nitrogen and oxygen atoms in total. The summed E-state index contributed by atoms with van der Waals surface area (Å²) in [5.41, 5.74) is 6.38. The number of hydrogen-bond acceptors (Lipinski definition) is 5. The summed E-state index contributed by atoms with van der Waals surface area (Å²) in [5, 5.41) is 1.85. The summed E-state index contributed by atoms with van der Waals surface area (Å²) in [6, 6.07) is 0. The van der Waals surface area contributed by atoms with Crippen LogP contribution in [0.25, 0.3) is 0 Å². The molecule has 0 aliphatic heterocycles. The van der Waals surface area contributed by atoms with E-state index in [0.717, 1.165) is 29.7 Å². The molecule has 1 aliphatic carbocycles. The third kappa shape index (κ3) is 2.78. The monoisotopic (exact) mass is 317 g/mol. The Balaban J connectivity index is 2.18. The number of sulfonamides is 1. The quantitative estimate of drug-likeness (QED) is 0.829. The number of rotatable bonds is 6. The van der Waals surface area contributed by atoms with Gasteiger partial charge in [-0.2, -0.15) is 0 Å². The highest BCUT2D eigenvalue weighted by atomic mass is 32.2. The van der Waals surface area contributed by atoms with Crippen molar-refractivity contribution in [1.82, 2.24) is 9.62 Å². The van der Waals surface area contributed by atoms with Gasteiger partial charge in [0.25, 0.3) is 0 Å². The smallest absolute Gasteiger partial charge is 0.242 e. The summed E-state index contributed by atoms with van der Waals surface area (Å²) in [5.74, 6) is 0. The maximum Gasteiger partial charge on any atom is 0.242 e. The number of nitrogens with two attached hydrogens (primary N) is 1. The van der Waals surface area contributed by atoms with E-state index in [0.29, 0.717) is 11.4 Å². The Morgan fingerprint density at radius 3 is 2.55 bits per heavy atom. The average molecular weight is 317 g/mol. The van der Waals surface area contributed by atoms with Crippen molar-refractivity contribution in [2.24, 2.45) is 5.73 Å². The van der Waals surface area contributed by atoms with Gasteiger partial charge in [0, 0.05) is 23.5 Å². The number of hydrogen-bond donors (Lipinski definition) is 2. The molecule has 1 aromatic rings. The Bertz CT molecular complexity index is 574. The molecule has 1 heterocycles. The topological polar surface area (TPSA) is 75.4 Å². The first-order chi connectivity index (χ1) is 9.32. The van der Waals surface area contributed by atoms with E-state index in [2.05, 4.69) is 9.62 Å². The molecule has 20 heavy (non-hydrogen) atoms. The Kier molecular flexibility index (Phi) is 4.56. The lowest BCUT2D eigenvalue weighted by atomic mass is 9.76. The zero-order chi connectivity index (χ0) is 15.0. The predicted molar refractivity (Wildman–Crippen MR) is 82.4 cm³/mol. The fourth-order valence-electron chi connectivity index (χ4n) is 2.66. The van der Waals surface area contributed by atoms with Gasteiger partial charge in [-0.25, -0.2) is 13.1 Å². The van der Waals surface area contributed by atoms with Crippen molar-refractivity contribution in [2.75, 3.05) is 20.6 Å². The van der Waals surface area contributed by atoms with Gasteiger partial charge in [-0.3, -0.25) is 0 Å². The van der Waals surface area contributed by atoms with E-state index >= 15 is 0 Å². The maximum absolute atomic E-state index is 12.5. The molecule has 0 radical (unpaired) electrons. The van der Waals surface area contributed by atoms with Gasteiger partial charge in [-0.05, 0) is 51.2 Å². The highest BCUT2D eigenvalue weighted by molar-refractivity contribution is 7.89. The van der Waals surface area contributed by atoms with Crippen LogP contribution in [-0.2, 0) is 16.6 Å². The number of thiophene rings is 1. The zero-order valence-corrected chi connectivity index (χ0v) is 13.9. The molecule has 0 aromatic carbocycles. The van der Waals surface area contributed by atoms with Crippen LogP contribution < -0.4 is 10.5 Å². The summed E-state index contributed by atoms with van der Waals surface area (Å²) >= 11 is 1.41. The van der Waals surface area contributed by atoms with Crippen LogP contribution in [0.2, 0.25) is 0 Å². The summed E-state index contributed by atoms with van der Waals surface area (Å²) in [6.07, 6.45) is 3.23. The van der Waals surface area contributed by atoms with Gasteiger partial charge in [0.05, 0.1) is 0 Å². The molecule has 114 valence electrons. The van der Waals surface area contributed by atoms with Crippen LogP contribution in [0.5, 0.6) is 0 Å². The molecule has 0 unspecified atom stereocenters. The second-order valence-corrected chi connectivity index (χ2v) is 8.34. The first kappa shape index (κ1) is 15.9. The number of aryl methyl sites for hydroxylation is 1. The lowest BCUT2D eigenvalue weighted by Gasteiger charge is -2.47. The van der Waals surface area contributed by atoms with Crippen LogP contribution in [0.1, 0.15) is 29.7 Å². The van der Waals surface area contributed by atoms with Gasteiger partial charge < -0.3 is 10.6 Å². The fraction of sp³-hybridized carbons (Fsp3) is 0.692. The second-order valence-electron chi connectivity index (χ2n) is 5.67. The molecule has 0 saturated heterocycles. The highest BCUT2D eigenvalue weighted by Gasteiger charge is 2.40. The van der Waals surface area contributed by atoms with E-state index in [1.807, 2.05) is 26.4 Å².